The molecule has 3 N–H and O–H groups in total. The third kappa shape index (κ3) is 6.39. The maximum Gasteiger partial charge on any atom is 0.118 e. The monoisotopic (exact) mass is 696 g/mol. The first kappa shape index (κ1) is 36.2. The van der Waals surface area contributed by atoms with Gasteiger partial charge in [0.2, 0.25) is 0 Å². The van der Waals surface area contributed by atoms with E-state index in [1.165, 1.54) is 0 Å². The van der Waals surface area contributed by atoms with E-state index in [9.17, 15) is 15.3 Å². The maximum absolute atomic E-state index is 13.1. The van der Waals surface area contributed by atoms with Crippen LogP contribution in [-0.2, 0) is 10.8 Å². The molecule has 0 aliphatic heterocycles. The van der Waals surface area contributed by atoms with Crippen molar-refractivity contribution in [2.24, 2.45) is 0 Å². The molecule has 0 aromatic heterocycles. The predicted octanol–water partition coefficient (Wildman–Crippen LogP) is 7.17. The van der Waals surface area contributed by atoms with Crippen LogP contribution in [0.5, 0.6) is 23.0 Å². The lowest BCUT2D eigenvalue weighted by Crippen LogP contribution is -2.58. The number of aliphatic hydroxyl groups excluding tert-OH is 3. The van der Waals surface area contributed by atoms with Crippen LogP contribution < -0.4 is 18.9 Å². The molecule has 0 radical (unpaired) electrons. The van der Waals surface area contributed by atoms with Crippen molar-refractivity contribution in [1.82, 2.24) is 0 Å². The molecule has 0 spiro atoms. The van der Waals surface area contributed by atoms with Crippen molar-refractivity contribution in [3.05, 3.63) is 191 Å². The molecule has 2 unspecified atom stereocenters. The van der Waals surface area contributed by atoms with Gasteiger partial charge in [-0.15, -0.1) is 0 Å². The Morgan fingerprint density at radius 1 is 0.327 bits per heavy atom. The molecule has 6 aromatic carbocycles. The topological polar surface area (TPSA) is 97.6 Å². The molecule has 52 heavy (non-hydrogen) atoms. The molecule has 0 saturated heterocycles. The zero-order chi connectivity index (χ0) is 36.7. The molecule has 7 heteroatoms. The highest BCUT2D eigenvalue weighted by Gasteiger charge is 2.54. The van der Waals surface area contributed by atoms with E-state index in [4.69, 9.17) is 18.9 Å². The summed E-state index contributed by atoms with van der Waals surface area (Å²) in [7, 11) is 6.39. The van der Waals surface area contributed by atoms with E-state index in [0.29, 0.717) is 56.4 Å². The van der Waals surface area contributed by atoms with Crippen LogP contribution in [-0.4, -0.2) is 62.1 Å². The normalized spacial score (nSPS) is 13.4. The van der Waals surface area contributed by atoms with Gasteiger partial charge in [0.25, 0.3) is 0 Å². The minimum absolute atomic E-state index is 0.637. The summed E-state index contributed by atoms with van der Waals surface area (Å²) in [5.41, 5.74) is 1.38. The van der Waals surface area contributed by atoms with Crippen LogP contribution >= 0.6 is 0 Å². The van der Waals surface area contributed by atoms with Gasteiger partial charge in [0.15, 0.2) is 0 Å². The quantitative estimate of drug-likeness (QED) is 0.104. The second kappa shape index (κ2) is 15.7. The first-order valence-electron chi connectivity index (χ1n) is 17.1. The molecule has 0 heterocycles. The lowest BCUT2D eigenvalue weighted by atomic mass is 9.59. The maximum atomic E-state index is 13.1. The van der Waals surface area contributed by atoms with E-state index in [1.807, 2.05) is 158 Å². The second-order valence-electron chi connectivity index (χ2n) is 12.6. The van der Waals surface area contributed by atoms with Crippen molar-refractivity contribution < 1.29 is 34.3 Å². The van der Waals surface area contributed by atoms with Crippen LogP contribution in [0.1, 0.15) is 33.4 Å². The number of methoxy groups -OCH3 is 4. The summed E-state index contributed by atoms with van der Waals surface area (Å²) in [6.45, 7) is 0. The summed E-state index contributed by atoms with van der Waals surface area (Å²) in [4.78, 5) is 0. The van der Waals surface area contributed by atoms with Gasteiger partial charge < -0.3 is 34.3 Å². The van der Waals surface area contributed by atoms with E-state index in [0.717, 1.165) is 0 Å². The molecule has 0 bridgehead atoms. The SMILES string of the molecule is COc1ccc(C(c2ccccc2)(c2ccc(OC)cc2)C(O)C(O)C(O)C(c2ccccc2)(c2ccc(OC)cc2)c2ccc(OC)cc2)cc1. The van der Waals surface area contributed by atoms with Crippen molar-refractivity contribution in [2.45, 2.75) is 29.1 Å². The minimum Gasteiger partial charge on any atom is -0.497 e. The standard InChI is InChI=1S/C45H44O7/c1-49-37-23-15-33(16-24-37)44(31-11-7-5-8-12-31,34-17-25-38(50-2)26-18-34)42(47)41(46)43(48)45(32-13-9-6-10-14-32,35-19-27-39(51-3)28-20-35)36-21-29-40(52-4)30-22-36/h5-30,41-43,46-48H,1-4H3. The molecule has 266 valence electrons. The molecule has 0 aliphatic rings. The van der Waals surface area contributed by atoms with Crippen molar-refractivity contribution in [2.75, 3.05) is 28.4 Å². The van der Waals surface area contributed by atoms with Gasteiger partial charge in [0.1, 0.15) is 41.3 Å². The Hall–Kier alpha value is -5.60. The van der Waals surface area contributed by atoms with E-state index in [2.05, 4.69) is 0 Å². The summed E-state index contributed by atoms with van der Waals surface area (Å²) in [5, 5.41) is 39.0. The summed E-state index contributed by atoms with van der Waals surface area (Å²) in [6.07, 6.45) is -4.95. The highest BCUT2D eigenvalue weighted by atomic mass is 16.5. The van der Waals surface area contributed by atoms with Crippen molar-refractivity contribution in [1.29, 1.82) is 0 Å². The second-order valence-corrected chi connectivity index (χ2v) is 12.6. The molecule has 0 saturated carbocycles. The summed E-state index contributed by atoms with van der Waals surface area (Å²) in [6, 6.07) is 48.8. The zero-order valence-corrected chi connectivity index (χ0v) is 29.7. The fourth-order valence-electron chi connectivity index (χ4n) is 7.53. The van der Waals surface area contributed by atoms with Crippen LogP contribution in [0, 0.1) is 0 Å². The van der Waals surface area contributed by atoms with Crippen LogP contribution in [0.15, 0.2) is 158 Å². The number of aliphatic hydroxyl groups is 3. The lowest BCUT2D eigenvalue weighted by molar-refractivity contribution is -0.0919. The predicted molar refractivity (Wildman–Crippen MR) is 203 cm³/mol. The fourth-order valence-corrected chi connectivity index (χ4v) is 7.53. The zero-order valence-electron chi connectivity index (χ0n) is 29.7. The van der Waals surface area contributed by atoms with E-state index >= 15 is 0 Å². The molecule has 6 aromatic rings. The lowest BCUT2D eigenvalue weighted by Gasteiger charge is -2.47. The Labute approximate surface area is 305 Å². The molecular formula is C45H44O7. The number of rotatable bonds is 14. The summed E-state index contributed by atoms with van der Waals surface area (Å²) in [5.74, 6) is 2.55. The number of benzene rings is 6. The fraction of sp³-hybridized carbons (Fsp3) is 0.200. The molecule has 2 atom stereocenters. The average Bonchev–Trinajstić information content (AvgIpc) is 3.22. The van der Waals surface area contributed by atoms with Crippen LogP contribution in [0.4, 0.5) is 0 Å². The molecule has 6 rings (SSSR count). The van der Waals surface area contributed by atoms with Gasteiger partial charge in [-0.1, -0.05) is 109 Å². The van der Waals surface area contributed by atoms with Crippen molar-refractivity contribution >= 4 is 0 Å². The van der Waals surface area contributed by atoms with E-state index in [-0.39, 0.29) is 0 Å². The first-order chi connectivity index (χ1) is 25.3. The third-order valence-electron chi connectivity index (χ3n) is 10.2. The molecule has 0 amide bonds. The van der Waals surface area contributed by atoms with E-state index < -0.39 is 29.1 Å². The van der Waals surface area contributed by atoms with Crippen LogP contribution in [0.3, 0.4) is 0 Å². The Balaban J connectivity index is 1.64. The number of hydrogen-bond donors (Lipinski definition) is 3. The number of ether oxygens (including phenoxy) is 4. The van der Waals surface area contributed by atoms with Gasteiger partial charge in [-0.25, -0.2) is 0 Å². The summed E-state index contributed by atoms with van der Waals surface area (Å²) < 4.78 is 22.0. The Morgan fingerprint density at radius 3 is 0.750 bits per heavy atom. The smallest absolute Gasteiger partial charge is 0.118 e. The Morgan fingerprint density at radius 2 is 0.538 bits per heavy atom. The minimum atomic E-state index is -1.74. The molecule has 0 aliphatic carbocycles. The highest BCUT2D eigenvalue weighted by molar-refractivity contribution is 5.57. The van der Waals surface area contributed by atoms with Gasteiger partial charge in [-0.2, -0.15) is 0 Å². The number of hydrogen-bond acceptors (Lipinski definition) is 7. The van der Waals surface area contributed by atoms with Gasteiger partial charge in [0.05, 0.1) is 39.3 Å². The molecule has 7 nitrogen and oxygen atoms in total. The van der Waals surface area contributed by atoms with E-state index in [1.54, 1.807) is 28.4 Å². The third-order valence-corrected chi connectivity index (χ3v) is 10.2. The van der Waals surface area contributed by atoms with Crippen LogP contribution in [0.2, 0.25) is 0 Å². The Kier molecular flexibility index (Phi) is 11.0. The first-order valence-corrected chi connectivity index (χ1v) is 17.1. The van der Waals surface area contributed by atoms with Gasteiger partial charge in [-0.3, -0.25) is 0 Å². The Bertz CT molecular complexity index is 1750. The van der Waals surface area contributed by atoms with Gasteiger partial charge >= 0.3 is 0 Å². The summed E-state index contributed by atoms with van der Waals surface area (Å²) >= 11 is 0. The molecule has 0 fully saturated rings. The largest absolute Gasteiger partial charge is 0.497 e. The van der Waals surface area contributed by atoms with Crippen molar-refractivity contribution in [3.8, 4) is 23.0 Å². The highest BCUT2D eigenvalue weighted by Crippen LogP contribution is 2.49. The average molecular weight is 697 g/mol. The van der Waals surface area contributed by atoms with Crippen molar-refractivity contribution in [3.63, 3.8) is 0 Å². The molecular weight excluding hydrogens is 652 g/mol. The van der Waals surface area contributed by atoms with Gasteiger partial charge in [0, 0.05) is 0 Å². The van der Waals surface area contributed by atoms with Crippen LogP contribution in [0.25, 0.3) is 0 Å². The van der Waals surface area contributed by atoms with Gasteiger partial charge in [-0.05, 0) is 81.9 Å².